The van der Waals surface area contributed by atoms with Gasteiger partial charge >= 0.3 is 0 Å². The van der Waals surface area contributed by atoms with E-state index >= 15 is 0 Å². The van der Waals surface area contributed by atoms with Crippen LogP contribution in [0.15, 0.2) is 48.9 Å². The van der Waals surface area contributed by atoms with Gasteiger partial charge in [-0.3, -0.25) is 9.97 Å². The summed E-state index contributed by atoms with van der Waals surface area (Å²) in [6.45, 7) is 0.393. The Kier molecular flexibility index (Phi) is 3.15. The third-order valence-corrected chi connectivity index (χ3v) is 3.42. The van der Waals surface area contributed by atoms with E-state index in [1.165, 1.54) is 0 Å². The summed E-state index contributed by atoms with van der Waals surface area (Å²) in [6, 6.07) is 9.68. The highest BCUT2D eigenvalue weighted by molar-refractivity contribution is 6.36. The molecule has 0 aliphatic heterocycles. The van der Waals surface area contributed by atoms with Gasteiger partial charge in [-0.15, -0.1) is 0 Å². The van der Waals surface area contributed by atoms with Crippen LogP contribution < -0.4 is 5.73 Å². The largest absolute Gasteiger partial charge is 0.325 e. The third-order valence-electron chi connectivity index (χ3n) is 3.11. The van der Waals surface area contributed by atoms with Crippen LogP contribution in [0.1, 0.15) is 5.69 Å². The van der Waals surface area contributed by atoms with E-state index in [9.17, 15) is 0 Å². The van der Waals surface area contributed by atoms with Crippen molar-refractivity contribution >= 4 is 22.4 Å². The molecule has 0 unspecified atom stereocenters. The van der Waals surface area contributed by atoms with E-state index < -0.39 is 0 Å². The van der Waals surface area contributed by atoms with Gasteiger partial charge in [-0.1, -0.05) is 29.8 Å². The van der Waals surface area contributed by atoms with Crippen molar-refractivity contribution in [1.82, 2.24) is 9.97 Å². The second kappa shape index (κ2) is 4.96. The smallest absolute Gasteiger partial charge is 0.0618 e. The fourth-order valence-electron chi connectivity index (χ4n) is 2.22. The molecule has 0 atom stereocenters. The van der Waals surface area contributed by atoms with Crippen molar-refractivity contribution < 1.29 is 0 Å². The molecule has 2 heterocycles. The van der Waals surface area contributed by atoms with Gasteiger partial charge in [0.1, 0.15) is 0 Å². The number of benzene rings is 1. The maximum Gasteiger partial charge on any atom is 0.0618 e. The Balaban J connectivity index is 2.39. The maximum absolute atomic E-state index is 6.35. The number of aromatic nitrogens is 2. The average Bonchev–Trinajstić information content (AvgIpc) is 2.47. The minimum atomic E-state index is 0.393. The van der Waals surface area contributed by atoms with Crippen LogP contribution in [0.25, 0.3) is 21.9 Å². The van der Waals surface area contributed by atoms with E-state index in [2.05, 4.69) is 9.97 Å². The molecule has 0 bridgehead atoms. The van der Waals surface area contributed by atoms with Crippen LogP contribution in [0.3, 0.4) is 0 Å². The maximum atomic E-state index is 6.35. The van der Waals surface area contributed by atoms with Gasteiger partial charge in [-0.05, 0) is 12.1 Å². The molecule has 0 spiro atoms. The monoisotopic (exact) mass is 269 g/mol. The van der Waals surface area contributed by atoms with Crippen molar-refractivity contribution in [2.45, 2.75) is 6.54 Å². The van der Waals surface area contributed by atoms with E-state index in [1.54, 1.807) is 6.20 Å². The minimum Gasteiger partial charge on any atom is -0.325 e. The van der Waals surface area contributed by atoms with E-state index in [-0.39, 0.29) is 0 Å². The zero-order valence-electron chi connectivity index (χ0n) is 10.2. The number of hydrogen-bond acceptors (Lipinski definition) is 3. The lowest BCUT2D eigenvalue weighted by atomic mass is 10.0. The van der Waals surface area contributed by atoms with Crippen LogP contribution in [0.4, 0.5) is 0 Å². The fraction of sp³-hybridized carbons (Fsp3) is 0.0667. The van der Waals surface area contributed by atoms with Crippen molar-refractivity contribution in [2.24, 2.45) is 5.73 Å². The molecular formula is C15H12ClN3. The number of hydrogen-bond donors (Lipinski definition) is 1. The number of pyridine rings is 2. The average molecular weight is 270 g/mol. The van der Waals surface area contributed by atoms with Crippen molar-refractivity contribution in [3.63, 3.8) is 0 Å². The summed E-state index contributed by atoms with van der Waals surface area (Å²) in [6.07, 6.45) is 5.37. The first kappa shape index (κ1) is 12.1. The summed E-state index contributed by atoms with van der Waals surface area (Å²) in [5, 5.41) is 2.68. The van der Waals surface area contributed by atoms with Crippen LogP contribution in [-0.2, 0) is 6.54 Å². The number of rotatable bonds is 2. The molecule has 1 aromatic carbocycles. The summed E-state index contributed by atoms with van der Waals surface area (Å²) >= 11 is 6.35. The van der Waals surface area contributed by atoms with Gasteiger partial charge in [-0.25, -0.2) is 0 Å². The van der Waals surface area contributed by atoms with Crippen LogP contribution in [0.2, 0.25) is 5.02 Å². The lowest BCUT2D eigenvalue weighted by Gasteiger charge is -2.10. The quantitative estimate of drug-likeness (QED) is 0.776. The molecule has 4 heteroatoms. The molecule has 0 amide bonds. The second-order valence-corrected chi connectivity index (χ2v) is 4.63. The first-order valence-electron chi connectivity index (χ1n) is 5.98. The fourth-order valence-corrected chi connectivity index (χ4v) is 2.49. The second-order valence-electron chi connectivity index (χ2n) is 4.23. The predicted octanol–water partition coefficient (Wildman–Crippen LogP) is 3.41. The van der Waals surface area contributed by atoms with E-state index in [4.69, 9.17) is 17.3 Å². The Morgan fingerprint density at radius 3 is 2.74 bits per heavy atom. The van der Waals surface area contributed by atoms with Crippen molar-refractivity contribution in [2.75, 3.05) is 0 Å². The topological polar surface area (TPSA) is 51.8 Å². The lowest BCUT2D eigenvalue weighted by Crippen LogP contribution is -2.01. The Labute approximate surface area is 116 Å². The molecule has 19 heavy (non-hydrogen) atoms. The van der Waals surface area contributed by atoms with Crippen molar-refractivity contribution in [3.8, 4) is 11.1 Å². The van der Waals surface area contributed by atoms with Crippen LogP contribution in [0, 0.1) is 0 Å². The Hall–Kier alpha value is -1.97. The van der Waals surface area contributed by atoms with Gasteiger partial charge in [0, 0.05) is 52.1 Å². The molecule has 2 aromatic heterocycles. The Morgan fingerprint density at radius 1 is 1.11 bits per heavy atom. The molecule has 0 fully saturated rings. The first-order valence-corrected chi connectivity index (χ1v) is 6.35. The molecule has 0 aliphatic carbocycles. The predicted molar refractivity (Wildman–Crippen MR) is 77.9 cm³/mol. The van der Waals surface area contributed by atoms with Gasteiger partial charge in [0.05, 0.1) is 5.69 Å². The first-order chi connectivity index (χ1) is 9.31. The number of fused-ring (bicyclic) bond motifs is 1. The molecular weight excluding hydrogens is 258 g/mol. The van der Waals surface area contributed by atoms with Crippen LogP contribution in [0.5, 0.6) is 0 Å². The van der Waals surface area contributed by atoms with Crippen molar-refractivity contribution in [3.05, 3.63) is 59.6 Å². The molecule has 94 valence electrons. The molecule has 0 saturated carbocycles. The van der Waals surface area contributed by atoms with Crippen LogP contribution in [-0.4, -0.2) is 9.97 Å². The summed E-state index contributed by atoms with van der Waals surface area (Å²) < 4.78 is 0. The van der Waals surface area contributed by atoms with E-state index in [1.807, 2.05) is 42.7 Å². The van der Waals surface area contributed by atoms with E-state index in [0.717, 1.165) is 27.6 Å². The van der Waals surface area contributed by atoms with Crippen molar-refractivity contribution in [1.29, 1.82) is 0 Å². The van der Waals surface area contributed by atoms with Crippen LogP contribution >= 0.6 is 11.6 Å². The van der Waals surface area contributed by atoms with Gasteiger partial charge in [0.25, 0.3) is 0 Å². The lowest BCUT2D eigenvalue weighted by molar-refractivity contribution is 1.01. The third kappa shape index (κ3) is 2.07. The number of nitrogens with two attached hydrogens (primary N) is 1. The number of halogens is 1. The number of nitrogens with zero attached hydrogens (tertiary/aromatic N) is 2. The molecule has 3 rings (SSSR count). The standard InChI is InChI=1S/C15H12ClN3/c16-13-5-1-4-11-14(7-17)19-9-12(15(11)13)10-3-2-6-18-8-10/h1-6,8-9H,7,17H2. The Morgan fingerprint density at radius 2 is 2.00 bits per heavy atom. The molecule has 2 N–H and O–H groups in total. The highest BCUT2D eigenvalue weighted by Crippen LogP contribution is 2.34. The summed E-state index contributed by atoms with van der Waals surface area (Å²) in [7, 11) is 0. The van der Waals surface area contributed by atoms with Gasteiger partial charge in [0.2, 0.25) is 0 Å². The van der Waals surface area contributed by atoms with Gasteiger partial charge < -0.3 is 5.73 Å². The molecule has 0 radical (unpaired) electrons. The normalized spacial score (nSPS) is 10.8. The molecule has 3 nitrogen and oxygen atoms in total. The SMILES string of the molecule is NCc1ncc(-c2cccnc2)c2c(Cl)cccc12. The minimum absolute atomic E-state index is 0.393. The zero-order valence-corrected chi connectivity index (χ0v) is 10.9. The summed E-state index contributed by atoms with van der Waals surface area (Å²) in [5.41, 5.74) is 8.56. The van der Waals surface area contributed by atoms with Gasteiger partial charge in [0.15, 0.2) is 0 Å². The molecule has 3 aromatic rings. The summed E-state index contributed by atoms with van der Waals surface area (Å²) in [4.78, 5) is 8.58. The highest BCUT2D eigenvalue weighted by Gasteiger charge is 2.11. The van der Waals surface area contributed by atoms with E-state index in [0.29, 0.717) is 11.6 Å². The Bertz CT molecular complexity index is 726. The highest BCUT2D eigenvalue weighted by atomic mass is 35.5. The molecule has 0 aliphatic rings. The molecule has 0 saturated heterocycles. The zero-order chi connectivity index (χ0) is 13.2. The van der Waals surface area contributed by atoms with Gasteiger partial charge in [-0.2, -0.15) is 0 Å². The summed E-state index contributed by atoms with van der Waals surface area (Å²) in [5.74, 6) is 0.